The maximum atomic E-state index is 12.2. The average molecular weight is 291 g/mol. The third-order valence-corrected chi connectivity index (χ3v) is 3.17. The second-order valence-corrected chi connectivity index (χ2v) is 5.11. The van der Waals surface area contributed by atoms with Gasteiger partial charge in [-0.2, -0.15) is 5.26 Å². The Hall–Kier alpha value is -1.60. The van der Waals surface area contributed by atoms with Gasteiger partial charge in [0, 0.05) is 21.1 Å². The van der Waals surface area contributed by atoms with E-state index in [0.717, 1.165) is 9.99 Å². The van der Waals surface area contributed by atoms with Crippen molar-refractivity contribution in [3.05, 3.63) is 44.2 Å². The Morgan fingerprint density at radius 1 is 1.41 bits per heavy atom. The van der Waals surface area contributed by atoms with Gasteiger partial charge in [0.05, 0.1) is 0 Å². The fraction of sp³-hybridized carbons (Fsp3) is 0.231. The molecule has 0 aliphatic rings. The Labute approximate surface area is 107 Å². The standard InChI is InChI=1S/C13H11BrN2O/c1-7(2)12-10(6-15)13(17)9-5-8(14)3-4-11(9)16-12/h3-5,7H,1-2H3,(H,16,17). The highest BCUT2D eigenvalue weighted by Crippen LogP contribution is 2.20. The lowest BCUT2D eigenvalue weighted by Gasteiger charge is -2.09. The fourth-order valence-electron chi connectivity index (χ4n) is 1.82. The lowest BCUT2D eigenvalue weighted by atomic mass is 10.0. The van der Waals surface area contributed by atoms with E-state index in [0.29, 0.717) is 11.1 Å². The summed E-state index contributed by atoms with van der Waals surface area (Å²) in [5.74, 6) is 0.116. The quantitative estimate of drug-likeness (QED) is 0.876. The first-order valence-electron chi connectivity index (χ1n) is 5.30. The van der Waals surface area contributed by atoms with Crippen LogP contribution in [0, 0.1) is 11.3 Å². The molecule has 1 aromatic carbocycles. The lowest BCUT2D eigenvalue weighted by Crippen LogP contribution is -2.13. The van der Waals surface area contributed by atoms with Crippen LogP contribution in [0.25, 0.3) is 10.9 Å². The number of hydrogen-bond donors (Lipinski definition) is 1. The van der Waals surface area contributed by atoms with Crippen molar-refractivity contribution in [3.63, 3.8) is 0 Å². The number of halogens is 1. The molecule has 1 aromatic heterocycles. The molecule has 0 aliphatic carbocycles. The third kappa shape index (κ3) is 1.98. The molecule has 0 amide bonds. The van der Waals surface area contributed by atoms with Crippen LogP contribution in [0.5, 0.6) is 0 Å². The molecule has 0 fully saturated rings. The van der Waals surface area contributed by atoms with E-state index in [2.05, 4.69) is 20.9 Å². The molecule has 2 rings (SSSR count). The molecule has 1 heterocycles. The van der Waals surface area contributed by atoms with Crippen LogP contribution in [-0.4, -0.2) is 4.98 Å². The molecule has 0 radical (unpaired) electrons. The van der Waals surface area contributed by atoms with Crippen LogP contribution in [0.3, 0.4) is 0 Å². The second kappa shape index (κ2) is 4.34. The zero-order valence-electron chi connectivity index (χ0n) is 9.54. The molecular formula is C13H11BrN2O. The summed E-state index contributed by atoms with van der Waals surface area (Å²) < 4.78 is 0.830. The Morgan fingerprint density at radius 3 is 2.71 bits per heavy atom. The van der Waals surface area contributed by atoms with E-state index in [4.69, 9.17) is 5.26 Å². The summed E-state index contributed by atoms with van der Waals surface area (Å²) >= 11 is 3.32. The molecule has 0 saturated carbocycles. The summed E-state index contributed by atoms with van der Waals surface area (Å²) in [6.45, 7) is 3.91. The molecule has 0 aliphatic heterocycles. The van der Waals surface area contributed by atoms with Gasteiger partial charge < -0.3 is 4.98 Å². The highest BCUT2D eigenvalue weighted by Gasteiger charge is 2.14. The van der Waals surface area contributed by atoms with Crippen molar-refractivity contribution in [2.24, 2.45) is 0 Å². The fourth-order valence-corrected chi connectivity index (χ4v) is 2.18. The van der Waals surface area contributed by atoms with Crippen LogP contribution in [0.4, 0.5) is 0 Å². The van der Waals surface area contributed by atoms with E-state index in [9.17, 15) is 4.79 Å². The summed E-state index contributed by atoms with van der Waals surface area (Å²) in [6.07, 6.45) is 0. The van der Waals surface area contributed by atoms with Crippen molar-refractivity contribution < 1.29 is 0 Å². The van der Waals surface area contributed by atoms with Gasteiger partial charge in [-0.1, -0.05) is 29.8 Å². The first kappa shape index (κ1) is 11.9. The van der Waals surface area contributed by atoms with Gasteiger partial charge in [-0.05, 0) is 24.1 Å². The zero-order valence-corrected chi connectivity index (χ0v) is 11.1. The third-order valence-electron chi connectivity index (χ3n) is 2.68. The molecular weight excluding hydrogens is 280 g/mol. The average Bonchev–Trinajstić information content (AvgIpc) is 2.29. The lowest BCUT2D eigenvalue weighted by molar-refractivity contribution is 0.823. The van der Waals surface area contributed by atoms with Gasteiger partial charge in [-0.25, -0.2) is 0 Å². The maximum Gasteiger partial charge on any atom is 0.207 e. The number of aromatic amines is 1. The molecule has 0 atom stereocenters. The molecule has 1 N–H and O–H groups in total. The molecule has 3 nitrogen and oxygen atoms in total. The number of hydrogen-bond acceptors (Lipinski definition) is 2. The van der Waals surface area contributed by atoms with Crippen LogP contribution >= 0.6 is 15.9 Å². The Morgan fingerprint density at radius 2 is 2.12 bits per heavy atom. The Balaban J connectivity index is 2.94. The summed E-state index contributed by atoms with van der Waals surface area (Å²) in [4.78, 5) is 15.3. The minimum Gasteiger partial charge on any atom is -0.357 e. The van der Waals surface area contributed by atoms with E-state index in [-0.39, 0.29) is 16.9 Å². The topological polar surface area (TPSA) is 56.6 Å². The molecule has 86 valence electrons. The smallest absolute Gasteiger partial charge is 0.207 e. The van der Waals surface area contributed by atoms with Gasteiger partial charge in [0.25, 0.3) is 0 Å². The Bertz CT molecular complexity index is 680. The number of rotatable bonds is 1. The van der Waals surface area contributed by atoms with Crippen LogP contribution in [0.15, 0.2) is 27.5 Å². The first-order chi connectivity index (χ1) is 8.04. The van der Waals surface area contributed by atoms with Crippen LogP contribution in [0.1, 0.15) is 31.0 Å². The minimum absolute atomic E-state index is 0.116. The molecule has 17 heavy (non-hydrogen) atoms. The van der Waals surface area contributed by atoms with Crippen molar-refractivity contribution in [1.82, 2.24) is 4.98 Å². The number of nitriles is 1. The maximum absolute atomic E-state index is 12.2. The number of aromatic nitrogens is 1. The van der Waals surface area contributed by atoms with Gasteiger partial charge in [-0.15, -0.1) is 0 Å². The molecule has 0 spiro atoms. The van der Waals surface area contributed by atoms with Crippen molar-refractivity contribution in [3.8, 4) is 6.07 Å². The minimum atomic E-state index is -0.203. The monoisotopic (exact) mass is 290 g/mol. The largest absolute Gasteiger partial charge is 0.357 e. The number of benzene rings is 1. The number of nitrogens with one attached hydrogen (secondary N) is 1. The van der Waals surface area contributed by atoms with Gasteiger partial charge in [-0.3, -0.25) is 4.79 Å². The van der Waals surface area contributed by atoms with E-state index in [1.807, 2.05) is 32.0 Å². The van der Waals surface area contributed by atoms with Gasteiger partial charge in [0.1, 0.15) is 11.6 Å². The van der Waals surface area contributed by atoms with Crippen LogP contribution in [-0.2, 0) is 0 Å². The zero-order chi connectivity index (χ0) is 12.6. The van der Waals surface area contributed by atoms with E-state index in [1.54, 1.807) is 6.07 Å². The summed E-state index contributed by atoms with van der Waals surface area (Å²) in [7, 11) is 0. The van der Waals surface area contributed by atoms with E-state index >= 15 is 0 Å². The highest BCUT2D eigenvalue weighted by molar-refractivity contribution is 9.10. The predicted octanol–water partition coefficient (Wildman–Crippen LogP) is 3.29. The summed E-state index contributed by atoms with van der Waals surface area (Å²) in [5, 5.41) is 9.64. The number of H-pyrrole nitrogens is 1. The summed E-state index contributed by atoms with van der Waals surface area (Å²) in [5.41, 5.74) is 1.48. The summed E-state index contributed by atoms with van der Waals surface area (Å²) in [6, 6.07) is 7.44. The van der Waals surface area contributed by atoms with E-state index < -0.39 is 0 Å². The van der Waals surface area contributed by atoms with Crippen molar-refractivity contribution in [2.45, 2.75) is 19.8 Å². The Kier molecular flexibility index (Phi) is 3.03. The predicted molar refractivity (Wildman–Crippen MR) is 71.1 cm³/mol. The number of nitrogens with zero attached hydrogens (tertiary/aromatic N) is 1. The normalized spacial score (nSPS) is 10.8. The molecule has 2 aromatic rings. The molecule has 0 bridgehead atoms. The second-order valence-electron chi connectivity index (χ2n) is 4.20. The number of fused-ring (bicyclic) bond motifs is 1. The van der Waals surface area contributed by atoms with Gasteiger partial charge >= 0.3 is 0 Å². The van der Waals surface area contributed by atoms with Crippen molar-refractivity contribution in [1.29, 1.82) is 5.26 Å². The number of pyridine rings is 1. The van der Waals surface area contributed by atoms with Gasteiger partial charge in [0.15, 0.2) is 0 Å². The SMILES string of the molecule is CC(C)c1[nH]c2ccc(Br)cc2c(=O)c1C#N. The first-order valence-corrected chi connectivity index (χ1v) is 6.09. The van der Waals surface area contributed by atoms with Crippen molar-refractivity contribution in [2.75, 3.05) is 0 Å². The van der Waals surface area contributed by atoms with Crippen LogP contribution < -0.4 is 5.43 Å². The molecule has 4 heteroatoms. The van der Waals surface area contributed by atoms with E-state index in [1.165, 1.54) is 0 Å². The van der Waals surface area contributed by atoms with Crippen molar-refractivity contribution >= 4 is 26.8 Å². The van der Waals surface area contributed by atoms with Gasteiger partial charge in [0.2, 0.25) is 5.43 Å². The highest BCUT2D eigenvalue weighted by atomic mass is 79.9. The molecule has 0 saturated heterocycles. The molecule has 0 unspecified atom stereocenters. The van der Waals surface area contributed by atoms with Crippen LogP contribution in [0.2, 0.25) is 0 Å².